The van der Waals surface area contributed by atoms with Crippen molar-refractivity contribution in [3.63, 3.8) is 0 Å². The van der Waals surface area contributed by atoms with Crippen LogP contribution in [0, 0.1) is 0 Å². The molecule has 1 N–H and O–H groups in total. The van der Waals surface area contributed by atoms with Crippen molar-refractivity contribution >= 4 is 47.9 Å². The minimum Gasteiger partial charge on any atom is -0.378 e. The summed E-state index contributed by atoms with van der Waals surface area (Å²) in [7, 11) is 10.1. The summed E-state index contributed by atoms with van der Waals surface area (Å²) in [6.07, 6.45) is 4.09. The van der Waals surface area contributed by atoms with E-state index < -0.39 is 0 Å². The highest BCUT2D eigenvalue weighted by molar-refractivity contribution is 9.04. The first-order valence-electron chi connectivity index (χ1n) is 13.6. The van der Waals surface area contributed by atoms with Gasteiger partial charge in [0.1, 0.15) is 5.82 Å². The zero-order valence-corrected chi connectivity index (χ0v) is 25.1. The summed E-state index contributed by atoms with van der Waals surface area (Å²) in [5, 5.41) is 3.14. The van der Waals surface area contributed by atoms with Gasteiger partial charge < -0.3 is 24.4 Å². The lowest BCUT2D eigenvalue weighted by molar-refractivity contribution is 0.185. The number of hydrogen-bond donors (Lipinski definition) is 1. The van der Waals surface area contributed by atoms with Crippen LogP contribution in [-0.2, 0) is 11.3 Å². The molecule has 7 nitrogen and oxygen atoms in total. The van der Waals surface area contributed by atoms with Gasteiger partial charge >= 0.3 is 6.03 Å². The summed E-state index contributed by atoms with van der Waals surface area (Å²) >= 11 is 0. The molecule has 0 bridgehead atoms. The second kappa shape index (κ2) is 11.0. The van der Waals surface area contributed by atoms with Crippen LogP contribution in [0.1, 0.15) is 24.2 Å². The molecule has 0 spiro atoms. The number of benzene rings is 2. The molecule has 208 valence electrons. The van der Waals surface area contributed by atoms with Gasteiger partial charge in [0.05, 0.1) is 16.0 Å². The number of aromatic nitrogens is 2. The fourth-order valence-corrected chi connectivity index (χ4v) is 9.20. The maximum absolute atomic E-state index is 13.5. The van der Waals surface area contributed by atoms with Gasteiger partial charge in [-0.3, -0.25) is 0 Å². The van der Waals surface area contributed by atoms with Crippen molar-refractivity contribution in [3.8, 4) is 11.3 Å². The number of carbonyl (C=O) groups is 1. The van der Waals surface area contributed by atoms with Gasteiger partial charge in [0.2, 0.25) is 0 Å². The number of anilines is 2. The maximum atomic E-state index is 13.5. The molecule has 2 aliphatic heterocycles. The minimum atomic E-state index is -0.223. The number of nitrogens with zero attached hydrogens (tertiary/aromatic N) is 5. The number of amides is 2. The fourth-order valence-electron chi connectivity index (χ4n) is 5.64. The highest BCUT2D eigenvalue weighted by Crippen LogP contribution is 2.62. The number of pyridine rings is 1. The zero-order chi connectivity index (χ0) is 27.9. The van der Waals surface area contributed by atoms with Gasteiger partial charge in [0.15, 0.2) is 0 Å². The molecule has 2 aromatic heterocycles. The van der Waals surface area contributed by atoms with Crippen molar-refractivity contribution in [1.29, 1.82) is 0 Å². The highest BCUT2D eigenvalue weighted by Gasteiger charge is 2.48. The van der Waals surface area contributed by atoms with Crippen molar-refractivity contribution in [1.82, 2.24) is 19.2 Å². The molecule has 0 radical (unpaired) electrons. The number of imidazole rings is 1. The van der Waals surface area contributed by atoms with Crippen LogP contribution in [0.15, 0.2) is 72.9 Å². The predicted molar refractivity (Wildman–Crippen MR) is 172 cm³/mol. The number of fused-ring (bicyclic) bond motifs is 1. The molecule has 4 aromatic rings. The van der Waals surface area contributed by atoms with E-state index in [9.17, 15) is 4.79 Å². The molecule has 0 aliphatic carbocycles. The van der Waals surface area contributed by atoms with Gasteiger partial charge in [-0.15, -0.1) is 9.52 Å². The van der Waals surface area contributed by atoms with E-state index in [1.54, 1.807) is 0 Å². The van der Waals surface area contributed by atoms with Crippen LogP contribution in [-0.4, -0.2) is 71.2 Å². The number of likely N-dealkylation sites (tertiary alicyclic amines) is 1. The van der Waals surface area contributed by atoms with Gasteiger partial charge in [0.25, 0.3) is 0 Å². The molecule has 2 amide bonds. The summed E-state index contributed by atoms with van der Waals surface area (Å²) in [6.45, 7) is 2.27. The van der Waals surface area contributed by atoms with Gasteiger partial charge in [-0.1, -0.05) is 35.1 Å². The third-order valence-corrected chi connectivity index (χ3v) is 11.4. The Bertz CT molecular complexity index is 1580. The lowest BCUT2D eigenvalue weighted by Crippen LogP contribution is -2.49. The van der Waals surface area contributed by atoms with E-state index in [1.165, 1.54) is 5.56 Å². The molecule has 1 saturated heterocycles. The van der Waals surface area contributed by atoms with Crippen molar-refractivity contribution in [2.45, 2.75) is 24.1 Å². The minimum absolute atomic E-state index is 0.00951. The summed E-state index contributed by atoms with van der Waals surface area (Å²) in [4.78, 5) is 25.2. The lowest BCUT2D eigenvalue weighted by Gasteiger charge is -2.40. The van der Waals surface area contributed by atoms with Crippen LogP contribution in [0.5, 0.6) is 0 Å². The van der Waals surface area contributed by atoms with Crippen LogP contribution in [0.4, 0.5) is 16.2 Å². The molecule has 9 heteroatoms. The predicted octanol–water partition coefficient (Wildman–Crippen LogP) is 6.34. The van der Waals surface area contributed by atoms with Gasteiger partial charge in [-0.25, -0.2) is 9.78 Å². The summed E-state index contributed by atoms with van der Waals surface area (Å²) in [6, 6.07) is 23.0. The van der Waals surface area contributed by atoms with Crippen LogP contribution in [0.25, 0.3) is 16.8 Å². The Morgan fingerprint density at radius 2 is 1.88 bits per heavy atom. The van der Waals surface area contributed by atoms with E-state index in [2.05, 4.69) is 87.0 Å². The molecule has 2 atom stereocenters. The Morgan fingerprint density at radius 1 is 1.07 bits per heavy atom. The Morgan fingerprint density at radius 3 is 2.60 bits per heavy atom. The average Bonchev–Trinajstić information content (AvgIpc) is 3.74. The summed E-state index contributed by atoms with van der Waals surface area (Å²) in [5.41, 5.74) is 6.43. The van der Waals surface area contributed by atoms with Gasteiger partial charge in [-0.05, 0) is 75.0 Å². The molecule has 4 heterocycles. The quantitative estimate of drug-likeness (QED) is 0.207. The van der Waals surface area contributed by atoms with Gasteiger partial charge in [-0.2, -0.15) is 0 Å². The third-order valence-electron chi connectivity index (χ3n) is 7.61. The van der Waals surface area contributed by atoms with Crippen LogP contribution >= 0.6 is 20.3 Å². The molecule has 2 aromatic carbocycles. The molecule has 6 rings (SSSR count). The number of carbonyl (C=O) groups excluding carboxylic acids is 1. The molecule has 0 saturated carbocycles. The number of rotatable bonds is 7. The van der Waals surface area contributed by atoms with E-state index in [0.717, 1.165) is 59.9 Å². The SMILES string of the molecule is CN(C)Cc1cccc(-c2nc([C@@]3(S4=CS4)CCCN(C(=O)Nc4ccc(N(C)C)cc4)C3)n3ccccc23)c1. The number of nitrogens with one attached hydrogen (secondary N) is 1. The Labute approximate surface area is 242 Å². The average molecular weight is 573 g/mol. The molecular formula is C31H36N6OS2. The topological polar surface area (TPSA) is 56.1 Å². The first-order chi connectivity index (χ1) is 19.3. The Balaban J connectivity index is 1.34. The van der Waals surface area contributed by atoms with E-state index in [1.807, 2.05) is 54.1 Å². The van der Waals surface area contributed by atoms with Crippen molar-refractivity contribution < 1.29 is 4.79 Å². The number of hydrogen-bond acceptors (Lipinski definition) is 5. The van der Waals surface area contributed by atoms with Crippen molar-refractivity contribution in [2.24, 2.45) is 0 Å². The van der Waals surface area contributed by atoms with E-state index >= 15 is 0 Å². The standard InChI is InChI=1S/C31H36N6OS2/c1-34(2)20-23-9-7-10-24(19-23)28-27-11-5-6-18-37(27)29(33-28)31(40-22-39-40)16-8-17-36(21-31)30(38)32-25-12-14-26(15-13-25)35(3)4/h5-7,9-15,18-19,22H,8,16-17,20-21H2,1-4H3,(H,32,38)/t31-,40?/m1/s1. The molecule has 2 aliphatic rings. The first kappa shape index (κ1) is 26.9. The van der Waals surface area contributed by atoms with E-state index in [-0.39, 0.29) is 20.3 Å². The smallest absolute Gasteiger partial charge is 0.321 e. The maximum Gasteiger partial charge on any atom is 0.321 e. The number of urea groups is 1. The van der Waals surface area contributed by atoms with Crippen LogP contribution in [0.3, 0.4) is 0 Å². The van der Waals surface area contributed by atoms with Crippen molar-refractivity contribution in [2.75, 3.05) is 51.5 Å². The van der Waals surface area contributed by atoms with Crippen molar-refractivity contribution in [3.05, 3.63) is 84.3 Å². The Hall–Kier alpha value is -3.27. The summed E-state index contributed by atoms with van der Waals surface area (Å²) < 4.78 is 4.39. The lowest BCUT2D eigenvalue weighted by atomic mass is 9.96. The van der Waals surface area contributed by atoms with Gasteiger partial charge in [0, 0.05) is 61.6 Å². The highest BCUT2D eigenvalue weighted by atomic mass is 33.2. The van der Waals surface area contributed by atoms with Crippen LogP contribution < -0.4 is 10.2 Å². The largest absolute Gasteiger partial charge is 0.378 e. The molecule has 1 unspecified atom stereocenters. The normalized spacial score (nSPS) is 20.4. The molecular weight excluding hydrogens is 537 g/mol. The molecule has 40 heavy (non-hydrogen) atoms. The van der Waals surface area contributed by atoms with E-state index in [4.69, 9.17) is 4.98 Å². The second-order valence-corrected chi connectivity index (χ2v) is 15.1. The summed E-state index contributed by atoms with van der Waals surface area (Å²) in [5.74, 6) is 1.06. The monoisotopic (exact) mass is 572 g/mol. The van der Waals surface area contributed by atoms with E-state index in [0.29, 0.717) is 6.54 Å². The molecule has 1 fully saturated rings. The zero-order valence-electron chi connectivity index (χ0n) is 23.5. The first-order valence-corrected chi connectivity index (χ1v) is 16.3. The number of piperidine rings is 1. The van der Waals surface area contributed by atoms with Crippen LogP contribution in [0.2, 0.25) is 0 Å². The Kier molecular flexibility index (Phi) is 7.37. The third kappa shape index (κ3) is 5.25. The second-order valence-electron chi connectivity index (χ2n) is 11.1. The fraction of sp³-hybridized carbons (Fsp3) is 0.323.